The number of fused-ring (bicyclic) bond motifs is 2. The van der Waals surface area contributed by atoms with Gasteiger partial charge in [-0.25, -0.2) is 0 Å². The highest BCUT2D eigenvalue weighted by atomic mass is 35.5. The number of hydrogen-bond donors (Lipinski definition) is 1. The molecule has 5 rings (SSSR count). The van der Waals surface area contributed by atoms with Crippen LogP contribution < -0.4 is 10.5 Å². The molecule has 2 aliphatic rings. The maximum atomic E-state index is 13.0. The molecular formula is C22H21ClN4O2. The largest absolute Gasteiger partial charge is 0.367 e. The lowest BCUT2D eigenvalue weighted by Gasteiger charge is -2.36. The quantitative estimate of drug-likeness (QED) is 0.707. The molecule has 3 aromatic rings. The van der Waals surface area contributed by atoms with Crippen molar-refractivity contribution >= 4 is 34.1 Å². The fourth-order valence-electron chi connectivity index (χ4n) is 4.37. The highest BCUT2D eigenvalue weighted by Gasteiger charge is 2.26. The predicted molar refractivity (Wildman–Crippen MR) is 114 cm³/mol. The van der Waals surface area contributed by atoms with Gasteiger partial charge in [-0.1, -0.05) is 11.6 Å². The Morgan fingerprint density at radius 1 is 1.07 bits per heavy atom. The average Bonchev–Trinajstić information content (AvgIpc) is 3.19. The van der Waals surface area contributed by atoms with Crippen molar-refractivity contribution in [3.63, 3.8) is 0 Å². The Bertz CT molecular complexity index is 1170. The van der Waals surface area contributed by atoms with Gasteiger partial charge < -0.3 is 14.8 Å². The minimum Gasteiger partial charge on any atom is -0.367 e. The van der Waals surface area contributed by atoms with E-state index in [4.69, 9.17) is 11.6 Å². The molecular weight excluding hydrogens is 388 g/mol. The first-order chi connectivity index (χ1) is 14.1. The van der Waals surface area contributed by atoms with Gasteiger partial charge in [-0.2, -0.15) is 0 Å². The van der Waals surface area contributed by atoms with Crippen molar-refractivity contribution in [2.24, 2.45) is 0 Å². The van der Waals surface area contributed by atoms with Crippen molar-refractivity contribution in [2.45, 2.75) is 19.3 Å². The Balaban J connectivity index is 1.35. The summed E-state index contributed by atoms with van der Waals surface area (Å²) in [5.41, 5.74) is 4.04. The van der Waals surface area contributed by atoms with Gasteiger partial charge in [0.05, 0.1) is 5.52 Å². The van der Waals surface area contributed by atoms with Crippen molar-refractivity contribution in [1.82, 2.24) is 14.9 Å². The maximum absolute atomic E-state index is 13.0. The highest BCUT2D eigenvalue weighted by Crippen LogP contribution is 2.28. The molecule has 1 aliphatic heterocycles. The zero-order chi connectivity index (χ0) is 20.0. The Labute approximate surface area is 173 Å². The monoisotopic (exact) mass is 408 g/mol. The van der Waals surface area contributed by atoms with E-state index in [1.165, 1.54) is 0 Å². The van der Waals surface area contributed by atoms with Gasteiger partial charge in [0.15, 0.2) is 0 Å². The number of piperazine rings is 1. The van der Waals surface area contributed by atoms with Gasteiger partial charge in [0.1, 0.15) is 5.56 Å². The van der Waals surface area contributed by atoms with Gasteiger partial charge in [-0.3, -0.25) is 14.6 Å². The Morgan fingerprint density at radius 2 is 1.90 bits per heavy atom. The molecule has 1 amide bonds. The molecule has 1 aromatic carbocycles. The number of benzene rings is 1. The van der Waals surface area contributed by atoms with Crippen LogP contribution in [0.25, 0.3) is 10.9 Å². The van der Waals surface area contributed by atoms with E-state index in [-0.39, 0.29) is 17.0 Å². The predicted octanol–water partition coefficient (Wildman–Crippen LogP) is 3.03. The van der Waals surface area contributed by atoms with Crippen molar-refractivity contribution in [3.05, 3.63) is 68.7 Å². The first kappa shape index (κ1) is 18.2. The van der Waals surface area contributed by atoms with Crippen LogP contribution in [0, 0.1) is 0 Å². The van der Waals surface area contributed by atoms with E-state index in [0.717, 1.165) is 47.1 Å². The molecule has 0 unspecified atom stereocenters. The maximum Gasteiger partial charge on any atom is 0.261 e. The lowest BCUT2D eigenvalue weighted by atomic mass is 10.1. The first-order valence-corrected chi connectivity index (χ1v) is 10.3. The van der Waals surface area contributed by atoms with Crippen LogP contribution in [0.3, 0.4) is 0 Å². The Kier molecular flexibility index (Phi) is 4.51. The molecule has 1 saturated heterocycles. The number of pyridine rings is 2. The van der Waals surface area contributed by atoms with Crippen LogP contribution in [0.1, 0.15) is 28.0 Å². The summed E-state index contributed by atoms with van der Waals surface area (Å²) >= 11 is 6.09. The van der Waals surface area contributed by atoms with Gasteiger partial charge in [0.2, 0.25) is 0 Å². The summed E-state index contributed by atoms with van der Waals surface area (Å²) in [6.45, 7) is 2.56. The van der Waals surface area contributed by atoms with Gasteiger partial charge in [-0.05, 0) is 55.2 Å². The molecule has 0 spiro atoms. The molecule has 29 heavy (non-hydrogen) atoms. The van der Waals surface area contributed by atoms with E-state index in [9.17, 15) is 9.59 Å². The summed E-state index contributed by atoms with van der Waals surface area (Å²) in [7, 11) is 0. The number of nitrogens with one attached hydrogen (secondary N) is 1. The Morgan fingerprint density at radius 3 is 2.72 bits per heavy atom. The molecule has 1 fully saturated rings. The van der Waals surface area contributed by atoms with E-state index in [1.807, 2.05) is 24.3 Å². The third-order valence-corrected chi connectivity index (χ3v) is 6.14. The number of amides is 1. The lowest BCUT2D eigenvalue weighted by molar-refractivity contribution is 0.0745. The molecule has 0 radical (unpaired) electrons. The number of carbonyl (C=O) groups is 1. The number of nitrogens with zero attached hydrogens (tertiary/aromatic N) is 3. The Hall–Kier alpha value is -2.86. The second-order valence-corrected chi connectivity index (χ2v) is 8.08. The van der Waals surface area contributed by atoms with Crippen LogP contribution in [0.5, 0.6) is 0 Å². The lowest BCUT2D eigenvalue weighted by Crippen LogP contribution is -2.49. The molecule has 6 nitrogen and oxygen atoms in total. The summed E-state index contributed by atoms with van der Waals surface area (Å²) in [5.74, 6) is -0.174. The number of carbonyl (C=O) groups excluding carboxylic acids is 1. The van der Waals surface area contributed by atoms with E-state index >= 15 is 0 Å². The van der Waals surface area contributed by atoms with E-state index < -0.39 is 0 Å². The summed E-state index contributed by atoms with van der Waals surface area (Å²) in [6.07, 6.45) is 4.64. The van der Waals surface area contributed by atoms with Gasteiger partial charge >= 0.3 is 0 Å². The molecule has 0 bridgehead atoms. The number of aromatic amines is 1. The molecule has 148 valence electrons. The second kappa shape index (κ2) is 7.19. The molecule has 7 heteroatoms. The zero-order valence-corrected chi connectivity index (χ0v) is 16.7. The van der Waals surface area contributed by atoms with Crippen molar-refractivity contribution in [2.75, 3.05) is 31.1 Å². The molecule has 2 aromatic heterocycles. The number of hydrogen-bond acceptors (Lipinski definition) is 4. The van der Waals surface area contributed by atoms with Gasteiger partial charge in [0, 0.05) is 54.2 Å². The van der Waals surface area contributed by atoms with E-state index in [2.05, 4.69) is 14.9 Å². The van der Waals surface area contributed by atoms with Gasteiger partial charge in [-0.15, -0.1) is 0 Å². The van der Waals surface area contributed by atoms with Crippen LogP contribution in [-0.2, 0) is 12.8 Å². The summed E-state index contributed by atoms with van der Waals surface area (Å²) in [6, 6.07) is 9.52. The van der Waals surface area contributed by atoms with Crippen molar-refractivity contribution in [3.8, 4) is 0 Å². The van der Waals surface area contributed by atoms with Crippen molar-refractivity contribution in [1.29, 1.82) is 0 Å². The summed E-state index contributed by atoms with van der Waals surface area (Å²) < 4.78 is 0. The van der Waals surface area contributed by atoms with Crippen LogP contribution in [0.4, 0.5) is 5.69 Å². The number of halogens is 1. The third kappa shape index (κ3) is 3.27. The van der Waals surface area contributed by atoms with Crippen LogP contribution in [-0.4, -0.2) is 47.0 Å². The number of aromatic nitrogens is 2. The average molecular weight is 409 g/mol. The summed E-state index contributed by atoms with van der Waals surface area (Å²) in [5, 5.41) is 1.71. The fourth-order valence-corrected chi connectivity index (χ4v) is 4.54. The van der Waals surface area contributed by atoms with Crippen LogP contribution in [0.2, 0.25) is 5.02 Å². The number of H-pyrrole nitrogens is 1. The second-order valence-electron chi connectivity index (χ2n) is 7.64. The highest BCUT2D eigenvalue weighted by molar-refractivity contribution is 6.31. The number of rotatable bonds is 2. The van der Waals surface area contributed by atoms with Crippen molar-refractivity contribution < 1.29 is 4.79 Å². The minimum atomic E-state index is -0.268. The van der Waals surface area contributed by atoms with Crippen LogP contribution >= 0.6 is 11.6 Å². The first-order valence-electron chi connectivity index (χ1n) is 9.94. The molecule has 0 atom stereocenters. The zero-order valence-electron chi connectivity index (χ0n) is 15.9. The van der Waals surface area contributed by atoms with E-state index in [0.29, 0.717) is 31.2 Å². The molecule has 1 aliphatic carbocycles. The standard InChI is InChI=1S/C22H21ClN4O2/c23-15-4-5-16-19(13-15)24-7-6-20(16)26-8-10-27(11-9-26)22(29)17-12-14-2-1-3-18(14)25-21(17)28/h4-7,12-13H,1-3,8-11H2,(H,25,28). The van der Waals surface area contributed by atoms with E-state index in [1.54, 1.807) is 17.2 Å². The van der Waals surface area contributed by atoms with Gasteiger partial charge in [0.25, 0.3) is 11.5 Å². The summed E-state index contributed by atoms with van der Waals surface area (Å²) in [4.78, 5) is 36.7. The minimum absolute atomic E-state index is 0.174. The molecule has 1 N–H and O–H groups in total. The number of aryl methyl sites for hydroxylation is 2. The topological polar surface area (TPSA) is 69.3 Å². The van der Waals surface area contributed by atoms with Crippen LogP contribution in [0.15, 0.2) is 41.3 Å². The fraction of sp³-hybridized carbons (Fsp3) is 0.318. The SMILES string of the molecule is O=C(c1cc2c([nH]c1=O)CCC2)N1CCN(c2ccnc3cc(Cl)ccc23)CC1. The third-order valence-electron chi connectivity index (χ3n) is 5.91. The normalized spacial score (nSPS) is 16.3. The smallest absolute Gasteiger partial charge is 0.261 e. The number of anilines is 1. The molecule has 3 heterocycles. The molecule has 0 saturated carbocycles.